The number of amides is 2. The van der Waals surface area contributed by atoms with Crippen LogP contribution < -0.4 is 10.6 Å². The summed E-state index contributed by atoms with van der Waals surface area (Å²) < 4.78 is 4.85. The average molecular weight is 469 g/mol. The molecule has 7 nitrogen and oxygen atoms in total. The molecule has 7 heteroatoms. The van der Waals surface area contributed by atoms with E-state index in [0.29, 0.717) is 17.5 Å². The molecule has 3 atom stereocenters. The standard InChI is InChI=1S/C27H36N2O5/c1-3-4-5-6-7-14-19-22(27(33)34-2)28-26(32)24(30)23(20-15-10-8-11-16-20)29-25(31)21-17-12-9-13-18-21/h8-13,15-18,22-24,30H,3-7,14,19H2,1-2H3,(H,28,32)(H,29,31)/t22-,23+,24-/m1/s1. The monoisotopic (exact) mass is 468 g/mol. The summed E-state index contributed by atoms with van der Waals surface area (Å²) in [7, 11) is 1.27. The molecule has 0 spiro atoms. The van der Waals surface area contributed by atoms with E-state index in [1.807, 2.05) is 0 Å². The minimum absolute atomic E-state index is 0.409. The molecule has 0 bridgehead atoms. The molecule has 0 fully saturated rings. The first-order chi connectivity index (χ1) is 16.5. The first-order valence-corrected chi connectivity index (χ1v) is 11.9. The molecule has 0 saturated heterocycles. The fraction of sp³-hybridized carbons (Fsp3) is 0.444. The van der Waals surface area contributed by atoms with Gasteiger partial charge in [0.15, 0.2) is 6.10 Å². The Morgan fingerprint density at radius 1 is 0.853 bits per heavy atom. The number of carbonyl (C=O) groups is 3. The van der Waals surface area contributed by atoms with Gasteiger partial charge in [0.25, 0.3) is 11.8 Å². The lowest BCUT2D eigenvalue weighted by molar-refractivity contribution is -0.146. The quantitative estimate of drug-likeness (QED) is 0.288. The second-order valence-corrected chi connectivity index (χ2v) is 8.31. The molecule has 34 heavy (non-hydrogen) atoms. The van der Waals surface area contributed by atoms with Crippen molar-refractivity contribution in [2.45, 2.75) is 70.1 Å². The van der Waals surface area contributed by atoms with Crippen LogP contribution in [0.3, 0.4) is 0 Å². The normalized spacial score (nSPS) is 13.4. The van der Waals surface area contributed by atoms with E-state index in [2.05, 4.69) is 17.6 Å². The van der Waals surface area contributed by atoms with Gasteiger partial charge in [-0.3, -0.25) is 9.59 Å². The summed E-state index contributed by atoms with van der Waals surface area (Å²) in [5.41, 5.74) is 0.978. The maximum atomic E-state index is 13.0. The summed E-state index contributed by atoms with van der Waals surface area (Å²) in [5.74, 6) is -1.72. The van der Waals surface area contributed by atoms with Gasteiger partial charge in [-0.2, -0.15) is 0 Å². The predicted molar refractivity (Wildman–Crippen MR) is 131 cm³/mol. The van der Waals surface area contributed by atoms with Gasteiger partial charge in [0.05, 0.1) is 13.2 Å². The molecule has 0 aromatic heterocycles. The van der Waals surface area contributed by atoms with Crippen LogP contribution in [0.5, 0.6) is 0 Å². The zero-order valence-corrected chi connectivity index (χ0v) is 20.0. The summed E-state index contributed by atoms with van der Waals surface area (Å²) in [6, 6.07) is 15.5. The first kappa shape index (κ1) is 27.1. The molecular weight excluding hydrogens is 432 g/mol. The van der Waals surface area contributed by atoms with Gasteiger partial charge in [0.2, 0.25) is 0 Å². The van der Waals surface area contributed by atoms with E-state index in [-0.39, 0.29) is 0 Å². The molecule has 184 valence electrons. The van der Waals surface area contributed by atoms with Crippen LogP contribution >= 0.6 is 0 Å². The maximum absolute atomic E-state index is 13.0. The van der Waals surface area contributed by atoms with E-state index in [1.165, 1.54) is 13.5 Å². The van der Waals surface area contributed by atoms with Crippen LogP contribution in [0.2, 0.25) is 0 Å². The summed E-state index contributed by atoms with van der Waals surface area (Å²) in [6.07, 6.45) is 5.07. The van der Waals surface area contributed by atoms with Crippen LogP contribution in [0.4, 0.5) is 0 Å². The van der Waals surface area contributed by atoms with E-state index in [0.717, 1.165) is 32.1 Å². The van der Waals surface area contributed by atoms with Crippen molar-refractivity contribution in [3.63, 3.8) is 0 Å². The number of nitrogens with one attached hydrogen (secondary N) is 2. The Kier molecular flexibility index (Phi) is 11.8. The number of methoxy groups -OCH3 is 1. The Morgan fingerprint density at radius 2 is 1.44 bits per heavy atom. The number of ether oxygens (including phenoxy) is 1. The van der Waals surface area contributed by atoms with Crippen LogP contribution in [0.1, 0.15) is 73.8 Å². The van der Waals surface area contributed by atoms with Crippen molar-refractivity contribution in [1.29, 1.82) is 0 Å². The number of benzene rings is 2. The minimum atomic E-state index is -1.60. The Morgan fingerprint density at radius 3 is 2.06 bits per heavy atom. The van der Waals surface area contributed by atoms with Gasteiger partial charge >= 0.3 is 5.97 Å². The SMILES string of the molecule is CCCCCCCC[C@@H](NC(=O)[C@H](O)[C@@H](NC(=O)c1ccccc1)c1ccccc1)C(=O)OC. The summed E-state index contributed by atoms with van der Waals surface area (Å²) in [5, 5.41) is 16.3. The third kappa shape index (κ3) is 8.63. The fourth-order valence-corrected chi connectivity index (χ4v) is 3.75. The highest BCUT2D eigenvalue weighted by Gasteiger charge is 2.32. The molecule has 0 aliphatic rings. The third-order valence-corrected chi connectivity index (χ3v) is 5.71. The van der Waals surface area contributed by atoms with Gasteiger partial charge in [0, 0.05) is 5.56 Å². The van der Waals surface area contributed by atoms with Crippen LogP contribution in [-0.4, -0.2) is 42.1 Å². The van der Waals surface area contributed by atoms with E-state index in [1.54, 1.807) is 60.7 Å². The fourth-order valence-electron chi connectivity index (χ4n) is 3.75. The van der Waals surface area contributed by atoms with Crippen molar-refractivity contribution in [3.8, 4) is 0 Å². The number of rotatable bonds is 14. The molecule has 0 radical (unpaired) electrons. The second-order valence-electron chi connectivity index (χ2n) is 8.31. The summed E-state index contributed by atoms with van der Waals surface area (Å²) >= 11 is 0. The molecule has 0 unspecified atom stereocenters. The third-order valence-electron chi connectivity index (χ3n) is 5.71. The maximum Gasteiger partial charge on any atom is 0.328 e. The van der Waals surface area contributed by atoms with E-state index < -0.39 is 36.0 Å². The predicted octanol–water partition coefficient (Wildman–Crippen LogP) is 3.93. The Balaban J connectivity index is 2.09. The molecule has 2 aromatic carbocycles. The molecule has 2 rings (SSSR count). The Hall–Kier alpha value is -3.19. The molecule has 2 amide bonds. The Bertz CT molecular complexity index is 888. The van der Waals surface area contributed by atoms with Crippen LogP contribution in [-0.2, 0) is 14.3 Å². The highest BCUT2D eigenvalue weighted by Crippen LogP contribution is 2.19. The van der Waals surface area contributed by atoms with Crippen molar-refractivity contribution in [1.82, 2.24) is 10.6 Å². The zero-order chi connectivity index (χ0) is 24.8. The number of carbonyl (C=O) groups excluding carboxylic acids is 3. The van der Waals surface area contributed by atoms with Gasteiger partial charge in [-0.25, -0.2) is 4.79 Å². The summed E-state index contributed by atoms with van der Waals surface area (Å²) in [4.78, 5) is 38.0. The highest BCUT2D eigenvalue weighted by atomic mass is 16.5. The van der Waals surface area contributed by atoms with Gasteiger partial charge in [-0.05, 0) is 24.1 Å². The number of esters is 1. The minimum Gasteiger partial charge on any atom is -0.467 e. The summed E-state index contributed by atoms with van der Waals surface area (Å²) in [6.45, 7) is 2.15. The highest BCUT2D eigenvalue weighted by molar-refractivity contribution is 5.95. The largest absolute Gasteiger partial charge is 0.467 e. The number of hydrogen-bond donors (Lipinski definition) is 3. The average Bonchev–Trinajstić information content (AvgIpc) is 2.88. The van der Waals surface area contributed by atoms with Crippen molar-refractivity contribution in [3.05, 3.63) is 71.8 Å². The van der Waals surface area contributed by atoms with E-state index >= 15 is 0 Å². The number of aliphatic hydroxyl groups excluding tert-OH is 1. The van der Waals surface area contributed by atoms with Gasteiger partial charge in [0.1, 0.15) is 6.04 Å². The molecule has 0 aliphatic carbocycles. The zero-order valence-electron chi connectivity index (χ0n) is 20.0. The van der Waals surface area contributed by atoms with Crippen LogP contribution in [0, 0.1) is 0 Å². The van der Waals surface area contributed by atoms with E-state index in [9.17, 15) is 19.5 Å². The number of aliphatic hydroxyl groups is 1. The first-order valence-electron chi connectivity index (χ1n) is 11.9. The van der Waals surface area contributed by atoms with E-state index in [4.69, 9.17) is 4.74 Å². The molecule has 0 saturated carbocycles. The molecule has 0 aliphatic heterocycles. The smallest absolute Gasteiger partial charge is 0.328 e. The topological polar surface area (TPSA) is 105 Å². The lowest BCUT2D eigenvalue weighted by Crippen LogP contribution is -2.50. The Labute approximate surface area is 201 Å². The van der Waals surface area contributed by atoms with Crippen molar-refractivity contribution in [2.24, 2.45) is 0 Å². The van der Waals surface area contributed by atoms with Crippen molar-refractivity contribution >= 4 is 17.8 Å². The molecular formula is C27H36N2O5. The van der Waals surface area contributed by atoms with Crippen LogP contribution in [0.15, 0.2) is 60.7 Å². The second kappa shape index (κ2) is 14.9. The van der Waals surface area contributed by atoms with Gasteiger partial charge in [-0.1, -0.05) is 94.0 Å². The number of hydrogen-bond acceptors (Lipinski definition) is 5. The molecule has 3 N–H and O–H groups in total. The van der Waals surface area contributed by atoms with Crippen molar-refractivity contribution < 1.29 is 24.2 Å². The van der Waals surface area contributed by atoms with Crippen LogP contribution in [0.25, 0.3) is 0 Å². The lowest BCUT2D eigenvalue weighted by Gasteiger charge is -2.26. The van der Waals surface area contributed by atoms with Crippen molar-refractivity contribution in [2.75, 3.05) is 7.11 Å². The van der Waals surface area contributed by atoms with Gasteiger partial charge < -0.3 is 20.5 Å². The molecule has 2 aromatic rings. The van der Waals surface area contributed by atoms with Gasteiger partial charge in [-0.15, -0.1) is 0 Å². The number of unbranched alkanes of at least 4 members (excludes halogenated alkanes) is 5. The lowest BCUT2D eigenvalue weighted by atomic mass is 9.99. The molecule has 0 heterocycles.